The second kappa shape index (κ2) is 3.14. The third-order valence-electron chi connectivity index (χ3n) is 2.25. The predicted octanol–water partition coefficient (Wildman–Crippen LogP) is 0.494. The summed E-state index contributed by atoms with van der Waals surface area (Å²) in [6, 6.07) is 10.1. The van der Waals surface area contributed by atoms with Crippen LogP contribution < -0.4 is 10.3 Å². The number of rotatable bonds is 1. The number of hydrogen-bond acceptors (Lipinski definition) is 2. The molecule has 0 saturated carbocycles. The highest BCUT2D eigenvalue weighted by Crippen LogP contribution is 2.13. The molecule has 0 atom stereocenters. The van der Waals surface area contributed by atoms with E-state index in [0.29, 0.717) is 5.95 Å². The van der Waals surface area contributed by atoms with Crippen molar-refractivity contribution < 1.29 is 4.57 Å². The minimum absolute atomic E-state index is 0.520. The molecular formula is C10H13N4+. The van der Waals surface area contributed by atoms with E-state index in [1.54, 1.807) is 4.68 Å². The molecule has 0 fully saturated rings. The zero-order valence-electron chi connectivity index (χ0n) is 8.31. The number of nitrogens with zero attached hydrogens (tertiary/aromatic N) is 3. The monoisotopic (exact) mass is 189 g/mol. The Morgan fingerprint density at radius 2 is 1.93 bits per heavy atom. The Morgan fingerprint density at radius 3 is 2.43 bits per heavy atom. The maximum atomic E-state index is 5.71. The average Bonchev–Trinajstić information content (AvgIpc) is 2.43. The number of aromatic nitrogens is 3. The summed E-state index contributed by atoms with van der Waals surface area (Å²) in [5.74, 6) is 1.52. The molecule has 0 bridgehead atoms. The summed E-state index contributed by atoms with van der Waals surface area (Å²) in [6.07, 6.45) is 0. The van der Waals surface area contributed by atoms with Gasteiger partial charge in [0.2, 0.25) is 5.82 Å². The Kier molecular flexibility index (Phi) is 1.96. The van der Waals surface area contributed by atoms with E-state index in [2.05, 4.69) is 5.10 Å². The van der Waals surface area contributed by atoms with Crippen LogP contribution in [0.3, 0.4) is 0 Å². The molecule has 0 amide bonds. The first-order chi connectivity index (χ1) is 6.70. The van der Waals surface area contributed by atoms with E-state index in [-0.39, 0.29) is 0 Å². The molecule has 1 aromatic heterocycles. The number of nitrogens with two attached hydrogens (primary N) is 1. The van der Waals surface area contributed by atoms with Gasteiger partial charge >= 0.3 is 5.95 Å². The van der Waals surface area contributed by atoms with Gasteiger partial charge in [-0.2, -0.15) is 0 Å². The van der Waals surface area contributed by atoms with Crippen LogP contribution >= 0.6 is 0 Å². The van der Waals surface area contributed by atoms with E-state index in [0.717, 1.165) is 11.4 Å². The Bertz CT molecular complexity index is 445. The Balaban J connectivity index is 2.62. The minimum Gasteiger partial charge on any atom is -0.305 e. The lowest BCUT2D eigenvalue weighted by Gasteiger charge is -1.98. The first-order valence-corrected chi connectivity index (χ1v) is 4.44. The van der Waals surface area contributed by atoms with Crippen molar-refractivity contribution in [2.45, 2.75) is 0 Å². The Hall–Kier alpha value is -1.84. The fourth-order valence-electron chi connectivity index (χ4n) is 1.56. The van der Waals surface area contributed by atoms with Crippen molar-refractivity contribution in [3.63, 3.8) is 0 Å². The van der Waals surface area contributed by atoms with E-state index >= 15 is 0 Å². The van der Waals surface area contributed by atoms with Gasteiger partial charge in [-0.3, -0.25) is 0 Å². The van der Waals surface area contributed by atoms with Crippen molar-refractivity contribution in [1.29, 1.82) is 0 Å². The summed E-state index contributed by atoms with van der Waals surface area (Å²) < 4.78 is 3.65. The van der Waals surface area contributed by atoms with E-state index < -0.39 is 0 Å². The fourth-order valence-corrected chi connectivity index (χ4v) is 1.56. The van der Waals surface area contributed by atoms with E-state index in [4.69, 9.17) is 5.73 Å². The van der Waals surface area contributed by atoms with Gasteiger partial charge in [-0.1, -0.05) is 18.2 Å². The number of anilines is 1. The van der Waals surface area contributed by atoms with E-state index in [1.807, 2.05) is 49.0 Å². The summed E-state index contributed by atoms with van der Waals surface area (Å²) in [5, 5.41) is 4.14. The van der Waals surface area contributed by atoms with Crippen LogP contribution in [0.5, 0.6) is 0 Å². The second-order valence-electron chi connectivity index (χ2n) is 3.23. The van der Waals surface area contributed by atoms with Crippen molar-refractivity contribution in [3.8, 4) is 11.4 Å². The van der Waals surface area contributed by atoms with Crippen molar-refractivity contribution in [1.82, 2.24) is 9.78 Å². The summed E-state index contributed by atoms with van der Waals surface area (Å²) in [6.45, 7) is 0. The van der Waals surface area contributed by atoms with E-state index in [1.165, 1.54) is 0 Å². The molecule has 0 unspecified atom stereocenters. The van der Waals surface area contributed by atoms with Crippen LogP contribution in [0.25, 0.3) is 11.4 Å². The molecule has 0 aliphatic carbocycles. The molecule has 72 valence electrons. The van der Waals surface area contributed by atoms with Crippen molar-refractivity contribution in [2.75, 3.05) is 5.73 Å². The van der Waals surface area contributed by atoms with Crippen LogP contribution in [-0.4, -0.2) is 9.78 Å². The quantitative estimate of drug-likeness (QED) is 0.664. The zero-order chi connectivity index (χ0) is 10.1. The number of aryl methyl sites for hydroxylation is 1. The molecule has 2 aromatic rings. The zero-order valence-corrected chi connectivity index (χ0v) is 8.31. The van der Waals surface area contributed by atoms with Gasteiger partial charge in [-0.25, -0.2) is 4.57 Å². The number of hydrogen-bond donors (Lipinski definition) is 1. The lowest BCUT2D eigenvalue weighted by atomic mass is 10.2. The summed E-state index contributed by atoms with van der Waals surface area (Å²) in [4.78, 5) is 0. The smallest absolute Gasteiger partial charge is 0.305 e. The van der Waals surface area contributed by atoms with Gasteiger partial charge in [0.25, 0.3) is 0 Å². The topological polar surface area (TPSA) is 47.7 Å². The molecule has 0 spiro atoms. The van der Waals surface area contributed by atoms with Gasteiger partial charge in [0.05, 0.1) is 14.1 Å². The highest BCUT2D eigenvalue weighted by molar-refractivity contribution is 5.52. The Labute approximate surface area is 82.6 Å². The van der Waals surface area contributed by atoms with Crippen molar-refractivity contribution in [2.24, 2.45) is 14.1 Å². The predicted molar refractivity (Wildman–Crippen MR) is 54.2 cm³/mol. The third kappa shape index (κ3) is 1.25. The molecule has 4 nitrogen and oxygen atoms in total. The van der Waals surface area contributed by atoms with Crippen molar-refractivity contribution in [3.05, 3.63) is 30.3 Å². The number of nitrogen functional groups attached to an aromatic ring is 1. The molecule has 1 aromatic carbocycles. The second-order valence-corrected chi connectivity index (χ2v) is 3.23. The molecule has 2 N–H and O–H groups in total. The molecule has 0 radical (unpaired) electrons. The summed E-state index contributed by atoms with van der Waals surface area (Å²) in [5.41, 5.74) is 6.82. The normalized spacial score (nSPS) is 10.4. The lowest BCUT2D eigenvalue weighted by molar-refractivity contribution is -0.646. The van der Waals surface area contributed by atoms with Gasteiger partial charge < -0.3 is 5.73 Å². The van der Waals surface area contributed by atoms with Crippen LogP contribution in [0.4, 0.5) is 5.95 Å². The molecule has 0 aliphatic heterocycles. The summed E-state index contributed by atoms with van der Waals surface area (Å²) in [7, 11) is 3.80. The maximum absolute atomic E-state index is 5.71. The fraction of sp³-hybridized carbons (Fsp3) is 0.200. The van der Waals surface area contributed by atoms with Crippen LogP contribution in [0.15, 0.2) is 30.3 Å². The van der Waals surface area contributed by atoms with Crippen LogP contribution in [0, 0.1) is 0 Å². The molecule has 4 heteroatoms. The van der Waals surface area contributed by atoms with Crippen LogP contribution in [0.1, 0.15) is 0 Å². The largest absolute Gasteiger partial charge is 0.375 e. The lowest BCUT2D eigenvalue weighted by Crippen LogP contribution is -2.32. The van der Waals surface area contributed by atoms with Gasteiger partial charge in [0, 0.05) is 10.7 Å². The molecular weight excluding hydrogens is 176 g/mol. The first-order valence-electron chi connectivity index (χ1n) is 4.44. The molecule has 0 aliphatic rings. The summed E-state index contributed by atoms with van der Waals surface area (Å²) >= 11 is 0. The minimum atomic E-state index is 0.520. The van der Waals surface area contributed by atoms with Crippen molar-refractivity contribution >= 4 is 5.95 Å². The molecule has 0 saturated heterocycles. The first kappa shape index (κ1) is 8.74. The average molecular weight is 189 g/mol. The van der Waals surface area contributed by atoms with Gasteiger partial charge in [-0.05, 0) is 12.1 Å². The SMILES string of the molecule is Cn1nc(N)[n+](C)c1-c1ccccc1. The standard InChI is InChI=1S/C10H13N4/c1-13-9(14(2)12-10(13)11)8-6-4-3-5-7-8/h3-7H,1-2H3,(H2,11,12)/q+1. The highest BCUT2D eigenvalue weighted by atomic mass is 15.4. The number of benzene rings is 1. The third-order valence-corrected chi connectivity index (χ3v) is 2.25. The van der Waals surface area contributed by atoms with Crippen LogP contribution in [0.2, 0.25) is 0 Å². The van der Waals surface area contributed by atoms with Gasteiger partial charge in [0.15, 0.2) is 0 Å². The Morgan fingerprint density at radius 1 is 1.29 bits per heavy atom. The highest BCUT2D eigenvalue weighted by Gasteiger charge is 2.17. The van der Waals surface area contributed by atoms with Gasteiger partial charge in [0.1, 0.15) is 0 Å². The molecule has 1 heterocycles. The molecule has 14 heavy (non-hydrogen) atoms. The maximum Gasteiger partial charge on any atom is 0.375 e. The van der Waals surface area contributed by atoms with Gasteiger partial charge in [-0.15, -0.1) is 4.68 Å². The van der Waals surface area contributed by atoms with E-state index in [9.17, 15) is 0 Å². The van der Waals surface area contributed by atoms with Crippen LogP contribution in [-0.2, 0) is 14.1 Å². The molecule has 2 rings (SSSR count).